The second-order valence-electron chi connectivity index (χ2n) is 3.96. The Bertz CT molecular complexity index is 524. The SMILES string of the molecule is Cc1ccsc1C(C)Nc1cc(Cl)ccc1Br. The first kappa shape index (κ1) is 12.9. The van der Waals surface area contributed by atoms with Crippen molar-refractivity contribution in [1.82, 2.24) is 0 Å². The molecule has 1 aromatic carbocycles. The Kier molecular flexibility index (Phi) is 4.13. The summed E-state index contributed by atoms with van der Waals surface area (Å²) in [6, 6.07) is 8.19. The molecule has 2 aromatic rings. The molecule has 0 bridgehead atoms. The minimum absolute atomic E-state index is 0.282. The van der Waals surface area contributed by atoms with E-state index in [1.165, 1.54) is 10.4 Å². The van der Waals surface area contributed by atoms with E-state index in [2.05, 4.69) is 46.5 Å². The lowest BCUT2D eigenvalue weighted by Crippen LogP contribution is -2.06. The smallest absolute Gasteiger partial charge is 0.0581 e. The zero-order valence-corrected chi connectivity index (χ0v) is 12.8. The maximum Gasteiger partial charge on any atom is 0.0581 e. The van der Waals surface area contributed by atoms with Crippen LogP contribution in [0.4, 0.5) is 5.69 Å². The van der Waals surface area contributed by atoms with Gasteiger partial charge < -0.3 is 5.32 Å². The molecule has 2 rings (SSSR count). The predicted octanol–water partition coefficient (Wildman–Crippen LogP) is 5.65. The summed E-state index contributed by atoms with van der Waals surface area (Å²) in [5.74, 6) is 0. The lowest BCUT2D eigenvalue weighted by molar-refractivity contribution is 0.898. The van der Waals surface area contributed by atoms with Gasteiger partial charge in [0.1, 0.15) is 0 Å². The normalized spacial score (nSPS) is 12.5. The van der Waals surface area contributed by atoms with Crippen molar-refractivity contribution in [2.24, 2.45) is 0 Å². The maximum absolute atomic E-state index is 6.00. The molecule has 0 aliphatic carbocycles. The van der Waals surface area contributed by atoms with Gasteiger partial charge in [-0.2, -0.15) is 0 Å². The highest BCUT2D eigenvalue weighted by Crippen LogP contribution is 2.31. The summed E-state index contributed by atoms with van der Waals surface area (Å²) >= 11 is 11.3. The molecule has 0 spiro atoms. The molecule has 1 atom stereocenters. The molecule has 0 aliphatic rings. The third-order valence-electron chi connectivity index (χ3n) is 2.60. The average Bonchev–Trinajstić information content (AvgIpc) is 2.70. The van der Waals surface area contributed by atoms with Gasteiger partial charge in [0.05, 0.1) is 11.7 Å². The molecule has 0 radical (unpaired) electrons. The van der Waals surface area contributed by atoms with E-state index in [9.17, 15) is 0 Å². The van der Waals surface area contributed by atoms with Crippen molar-refractivity contribution < 1.29 is 0 Å². The van der Waals surface area contributed by atoms with Crippen LogP contribution >= 0.6 is 38.9 Å². The molecule has 1 aromatic heterocycles. The van der Waals surface area contributed by atoms with Crippen LogP contribution < -0.4 is 5.32 Å². The minimum atomic E-state index is 0.282. The summed E-state index contributed by atoms with van der Waals surface area (Å²) in [6.07, 6.45) is 0. The molecule has 1 heterocycles. The molecule has 1 nitrogen and oxygen atoms in total. The minimum Gasteiger partial charge on any atom is -0.377 e. The van der Waals surface area contributed by atoms with Crippen molar-refractivity contribution in [3.05, 3.63) is 49.6 Å². The Balaban J connectivity index is 2.21. The van der Waals surface area contributed by atoms with Gasteiger partial charge in [-0.25, -0.2) is 0 Å². The van der Waals surface area contributed by atoms with Crippen molar-refractivity contribution in [3.8, 4) is 0 Å². The topological polar surface area (TPSA) is 12.0 Å². The molecule has 1 N–H and O–H groups in total. The molecule has 17 heavy (non-hydrogen) atoms. The highest BCUT2D eigenvalue weighted by Gasteiger charge is 2.11. The Morgan fingerprint density at radius 2 is 2.12 bits per heavy atom. The van der Waals surface area contributed by atoms with E-state index in [4.69, 9.17) is 11.6 Å². The number of hydrogen-bond acceptors (Lipinski definition) is 2. The summed E-state index contributed by atoms with van der Waals surface area (Å²) in [5, 5.41) is 6.34. The van der Waals surface area contributed by atoms with Crippen LogP contribution in [0.5, 0.6) is 0 Å². The third kappa shape index (κ3) is 3.03. The number of halogens is 2. The van der Waals surface area contributed by atoms with Gasteiger partial charge in [-0.15, -0.1) is 11.3 Å². The largest absolute Gasteiger partial charge is 0.377 e. The maximum atomic E-state index is 6.00. The summed E-state index contributed by atoms with van der Waals surface area (Å²) < 4.78 is 1.03. The number of aryl methyl sites for hydroxylation is 1. The van der Waals surface area contributed by atoms with Crippen LogP contribution in [-0.4, -0.2) is 0 Å². The molecule has 4 heteroatoms. The number of thiophene rings is 1. The van der Waals surface area contributed by atoms with Crippen LogP contribution in [0.1, 0.15) is 23.4 Å². The molecule has 1 unspecified atom stereocenters. The molecule has 0 amide bonds. The van der Waals surface area contributed by atoms with E-state index < -0.39 is 0 Å². The summed E-state index contributed by atoms with van der Waals surface area (Å²) in [5.41, 5.74) is 2.35. The molecular weight excluding hydrogens is 318 g/mol. The lowest BCUT2D eigenvalue weighted by Gasteiger charge is -2.16. The number of nitrogens with one attached hydrogen (secondary N) is 1. The van der Waals surface area contributed by atoms with Gasteiger partial charge in [0.25, 0.3) is 0 Å². The van der Waals surface area contributed by atoms with E-state index in [1.54, 1.807) is 11.3 Å². The van der Waals surface area contributed by atoms with Gasteiger partial charge in [-0.1, -0.05) is 11.6 Å². The Morgan fingerprint density at radius 3 is 2.76 bits per heavy atom. The van der Waals surface area contributed by atoms with Gasteiger partial charge in [0, 0.05) is 14.4 Å². The highest BCUT2D eigenvalue weighted by atomic mass is 79.9. The molecule has 90 valence electrons. The van der Waals surface area contributed by atoms with Crippen LogP contribution in [0.2, 0.25) is 5.02 Å². The first-order valence-electron chi connectivity index (χ1n) is 5.33. The highest BCUT2D eigenvalue weighted by molar-refractivity contribution is 9.10. The number of anilines is 1. The summed E-state index contributed by atoms with van der Waals surface area (Å²) in [4.78, 5) is 1.36. The monoisotopic (exact) mass is 329 g/mol. The second-order valence-corrected chi connectivity index (χ2v) is 6.20. The quantitative estimate of drug-likeness (QED) is 0.767. The van der Waals surface area contributed by atoms with Crippen molar-refractivity contribution >= 4 is 44.6 Å². The van der Waals surface area contributed by atoms with E-state index in [1.807, 2.05) is 18.2 Å². The predicted molar refractivity (Wildman–Crippen MR) is 80.2 cm³/mol. The molecule has 0 fully saturated rings. The van der Waals surface area contributed by atoms with Crippen LogP contribution in [0.15, 0.2) is 34.1 Å². The summed E-state index contributed by atoms with van der Waals surface area (Å²) in [7, 11) is 0. The lowest BCUT2D eigenvalue weighted by atomic mass is 10.2. The van der Waals surface area contributed by atoms with Gasteiger partial charge in [-0.05, 0) is 65.0 Å². The van der Waals surface area contributed by atoms with Crippen LogP contribution in [-0.2, 0) is 0 Å². The standard InChI is InChI=1S/C13H13BrClNS/c1-8-5-6-17-13(8)9(2)16-12-7-10(15)3-4-11(12)14/h3-7,9,16H,1-2H3. The first-order valence-corrected chi connectivity index (χ1v) is 7.38. The molecule has 0 aliphatic heterocycles. The van der Waals surface area contributed by atoms with Gasteiger partial charge >= 0.3 is 0 Å². The van der Waals surface area contributed by atoms with Crippen molar-refractivity contribution in [3.63, 3.8) is 0 Å². The number of benzene rings is 1. The second kappa shape index (κ2) is 5.42. The van der Waals surface area contributed by atoms with E-state index in [-0.39, 0.29) is 6.04 Å². The number of hydrogen-bond donors (Lipinski definition) is 1. The molecule has 0 saturated carbocycles. The fourth-order valence-corrected chi connectivity index (χ4v) is 3.20. The zero-order valence-electron chi connectivity index (χ0n) is 9.63. The fourth-order valence-electron chi connectivity index (χ4n) is 1.73. The van der Waals surface area contributed by atoms with Crippen molar-refractivity contribution in [2.75, 3.05) is 5.32 Å². The first-order chi connectivity index (χ1) is 8.08. The van der Waals surface area contributed by atoms with Crippen molar-refractivity contribution in [1.29, 1.82) is 0 Å². The Morgan fingerprint density at radius 1 is 1.35 bits per heavy atom. The van der Waals surface area contributed by atoms with Gasteiger partial charge in [-0.3, -0.25) is 0 Å². The Hall–Kier alpha value is -0.510. The van der Waals surface area contributed by atoms with Crippen LogP contribution in [0, 0.1) is 6.92 Å². The van der Waals surface area contributed by atoms with E-state index in [0.29, 0.717) is 0 Å². The zero-order chi connectivity index (χ0) is 12.4. The van der Waals surface area contributed by atoms with Gasteiger partial charge in [0.15, 0.2) is 0 Å². The Labute approximate surface area is 119 Å². The van der Waals surface area contributed by atoms with Crippen LogP contribution in [0.25, 0.3) is 0 Å². The molecule has 0 saturated heterocycles. The van der Waals surface area contributed by atoms with Crippen molar-refractivity contribution in [2.45, 2.75) is 19.9 Å². The van der Waals surface area contributed by atoms with Crippen LogP contribution in [0.3, 0.4) is 0 Å². The molecular formula is C13H13BrClNS. The van der Waals surface area contributed by atoms with E-state index >= 15 is 0 Å². The van der Waals surface area contributed by atoms with Gasteiger partial charge in [0.2, 0.25) is 0 Å². The third-order valence-corrected chi connectivity index (χ3v) is 4.72. The fraction of sp³-hybridized carbons (Fsp3) is 0.231. The van der Waals surface area contributed by atoms with E-state index in [0.717, 1.165) is 15.2 Å². The number of rotatable bonds is 3. The summed E-state index contributed by atoms with van der Waals surface area (Å²) in [6.45, 7) is 4.29. The average molecular weight is 331 g/mol.